The summed E-state index contributed by atoms with van der Waals surface area (Å²) in [5, 5.41) is 0. The van der Waals surface area contributed by atoms with Crippen LogP contribution in [0.5, 0.6) is 0 Å². The predicted molar refractivity (Wildman–Crippen MR) is 92.2 cm³/mol. The summed E-state index contributed by atoms with van der Waals surface area (Å²) in [4.78, 5) is 7.28. The van der Waals surface area contributed by atoms with Gasteiger partial charge in [-0.3, -0.25) is 0 Å². The van der Waals surface area contributed by atoms with Crippen LogP contribution in [0.3, 0.4) is 0 Å². The third-order valence-electron chi connectivity index (χ3n) is 4.72. The lowest BCUT2D eigenvalue weighted by molar-refractivity contribution is 0.220. The molecule has 2 rings (SSSR count). The Balaban J connectivity index is 2.15. The molecule has 1 saturated heterocycles. The number of aryl methyl sites for hydroxylation is 1. The minimum atomic E-state index is 0.413. The van der Waals surface area contributed by atoms with Gasteiger partial charge in [-0.2, -0.15) is 0 Å². The van der Waals surface area contributed by atoms with Crippen molar-refractivity contribution in [1.82, 2.24) is 4.98 Å². The molecule has 0 aromatic carbocycles. The molecule has 0 spiro atoms. The van der Waals surface area contributed by atoms with Crippen molar-refractivity contribution < 1.29 is 0 Å². The topological polar surface area (TPSA) is 16.1 Å². The van der Waals surface area contributed by atoms with Gasteiger partial charge in [-0.1, -0.05) is 27.7 Å². The quantitative estimate of drug-likeness (QED) is 0.728. The van der Waals surface area contributed by atoms with Crippen LogP contribution in [0.2, 0.25) is 0 Å². The molecule has 2 heterocycles. The van der Waals surface area contributed by atoms with Crippen molar-refractivity contribution in [1.29, 1.82) is 0 Å². The fraction of sp³-hybridized carbons (Fsp3) is 0.722. The van der Waals surface area contributed by atoms with E-state index in [2.05, 4.69) is 44.7 Å². The molecule has 1 aromatic heterocycles. The zero-order chi connectivity index (χ0) is 15.5. The number of anilines is 1. The van der Waals surface area contributed by atoms with E-state index in [1.807, 2.05) is 0 Å². The van der Waals surface area contributed by atoms with E-state index in [1.54, 1.807) is 0 Å². The van der Waals surface area contributed by atoms with E-state index in [4.69, 9.17) is 16.6 Å². The van der Waals surface area contributed by atoms with Crippen LogP contribution in [0.4, 0.5) is 5.82 Å². The number of halogens is 1. The molecule has 1 fully saturated rings. The molecule has 1 aromatic rings. The van der Waals surface area contributed by atoms with E-state index >= 15 is 0 Å². The summed E-state index contributed by atoms with van der Waals surface area (Å²) >= 11 is 6.04. The highest BCUT2D eigenvalue weighted by atomic mass is 35.5. The molecule has 0 saturated carbocycles. The summed E-state index contributed by atoms with van der Waals surface area (Å²) in [5.41, 5.74) is 2.76. The molecule has 0 bridgehead atoms. The summed E-state index contributed by atoms with van der Waals surface area (Å²) in [6.07, 6.45) is 4.82. The van der Waals surface area contributed by atoms with Crippen LogP contribution in [-0.4, -0.2) is 18.1 Å². The second-order valence-corrected chi connectivity index (χ2v) is 7.56. The van der Waals surface area contributed by atoms with Crippen LogP contribution in [0.25, 0.3) is 0 Å². The Morgan fingerprint density at radius 2 is 2.00 bits per heavy atom. The van der Waals surface area contributed by atoms with E-state index in [9.17, 15) is 0 Å². The highest BCUT2D eigenvalue weighted by Crippen LogP contribution is 2.35. The van der Waals surface area contributed by atoms with Crippen LogP contribution in [-0.2, 0) is 12.3 Å². The molecular weight excluding hydrogens is 280 g/mol. The van der Waals surface area contributed by atoms with Gasteiger partial charge in [0.1, 0.15) is 5.82 Å². The molecule has 0 aliphatic carbocycles. The van der Waals surface area contributed by atoms with Crippen molar-refractivity contribution in [2.45, 2.75) is 59.3 Å². The number of hydrogen-bond acceptors (Lipinski definition) is 2. The Bertz CT molecular complexity index is 443. The lowest BCUT2D eigenvalue weighted by atomic mass is 9.77. The number of rotatable bonds is 3. The smallest absolute Gasteiger partial charge is 0.129 e. The van der Waals surface area contributed by atoms with Crippen molar-refractivity contribution in [3.05, 3.63) is 23.4 Å². The van der Waals surface area contributed by atoms with Crippen LogP contribution in [0.15, 0.2) is 12.1 Å². The third-order valence-corrected chi connectivity index (χ3v) is 5.03. The number of hydrogen-bond donors (Lipinski definition) is 0. The summed E-state index contributed by atoms with van der Waals surface area (Å²) < 4.78 is 0. The maximum atomic E-state index is 6.04. The molecule has 118 valence electrons. The standard InChI is InChI=1S/C18H29ClN2/c1-5-16-11-14(13-19)12-17(20-16)21-9-6-7-15(8-10-21)18(2,3)4/h11-12,15H,5-10,13H2,1-4H3. The Morgan fingerprint density at radius 1 is 1.24 bits per heavy atom. The van der Waals surface area contributed by atoms with E-state index in [0.717, 1.165) is 36.9 Å². The van der Waals surface area contributed by atoms with E-state index in [1.165, 1.54) is 24.8 Å². The Hall–Kier alpha value is -0.760. The first-order valence-electron chi connectivity index (χ1n) is 8.24. The minimum Gasteiger partial charge on any atom is -0.357 e. The molecule has 3 heteroatoms. The molecule has 2 nitrogen and oxygen atoms in total. The van der Waals surface area contributed by atoms with Gasteiger partial charge in [0.15, 0.2) is 0 Å². The van der Waals surface area contributed by atoms with Crippen molar-refractivity contribution in [2.75, 3.05) is 18.0 Å². The van der Waals surface area contributed by atoms with Gasteiger partial charge in [-0.15, -0.1) is 11.6 Å². The lowest BCUT2D eigenvalue weighted by Gasteiger charge is -2.30. The first-order chi connectivity index (χ1) is 9.94. The van der Waals surface area contributed by atoms with Crippen molar-refractivity contribution >= 4 is 17.4 Å². The largest absolute Gasteiger partial charge is 0.357 e. The normalized spacial score (nSPS) is 20.4. The molecule has 1 unspecified atom stereocenters. The summed E-state index contributed by atoms with van der Waals surface area (Å²) in [5.74, 6) is 2.50. The highest BCUT2D eigenvalue weighted by molar-refractivity contribution is 6.17. The first-order valence-corrected chi connectivity index (χ1v) is 8.78. The maximum Gasteiger partial charge on any atom is 0.129 e. The monoisotopic (exact) mass is 308 g/mol. The average molecular weight is 309 g/mol. The zero-order valence-electron chi connectivity index (χ0n) is 14.0. The molecule has 0 amide bonds. The van der Waals surface area contributed by atoms with Crippen molar-refractivity contribution in [3.63, 3.8) is 0 Å². The second-order valence-electron chi connectivity index (χ2n) is 7.29. The number of alkyl halides is 1. The van der Waals surface area contributed by atoms with Crippen LogP contribution >= 0.6 is 11.6 Å². The van der Waals surface area contributed by atoms with Gasteiger partial charge in [0.2, 0.25) is 0 Å². The van der Waals surface area contributed by atoms with Gasteiger partial charge in [-0.05, 0) is 54.7 Å². The van der Waals surface area contributed by atoms with E-state index in [-0.39, 0.29) is 0 Å². The van der Waals surface area contributed by atoms with E-state index < -0.39 is 0 Å². The van der Waals surface area contributed by atoms with Crippen molar-refractivity contribution in [3.8, 4) is 0 Å². The Kier molecular flexibility index (Phi) is 5.54. The molecule has 1 aliphatic rings. The van der Waals surface area contributed by atoms with Crippen LogP contribution in [0, 0.1) is 11.3 Å². The highest BCUT2D eigenvalue weighted by Gasteiger charge is 2.27. The van der Waals surface area contributed by atoms with Crippen LogP contribution < -0.4 is 4.90 Å². The number of aromatic nitrogens is 1. The summed E-state index contributed by atoms with van der Waals surface area (Å²) in [7, 11) is 0. The number of nitrogens with zero attached hydrogens (tertiary/aromatic N) is 2. The fourth-order valence-electron chi connectivity index (χ4n) is 3.24. The third kappa shape index (κ3) is 4.35. The lowest BCUT2D eigenvalue weighted by Crippen LogP contribution is -2.27. The molecule has 1 atom stereocenters. The van der Waals surface area contributed by atoms with Gasteiger partial charge in [-0.25, -0.2) is 4.98 Å². The average Bonchev–Trinajstić information content (AvgIpc) is 2.72. The maximum absolute atomic E-state index is 6.04. The van der Waals surface area contributed by atoms with E-state index in [0.29, 0.717) is 11.3 Å². The fourth-order valence-corrected chi connectivity index (χ4v) is 3.40. The summed E-state index contributed by atoms with van der Waals surface area (Å²) in [6, 6.07) is 4.30. The molecule has 1 aliphatic heterocycles. The summed E-state index contributed by atoms with van der Waals surface area (Å²) in [6.45, 7) is 11.5. The predicted octanol–water partition coefficient (Wildman–Crippen LogP) is 5.04. The molecule has 21 heavy (non-hydrogen) atoms. The van der Waals surface area contributed by atoms with Gasteiger partial charge < -0.3 is 4.90 Å². The molecule has 0 N–H and O–H groups in total. The zero-order valence-corrected chi connectivity index (χ0v) is 14.7. The van der Waals surface area contributed by atoms with Gasteiger partial charge in [0, 0.05) is 24.7 Å². The minimum absolute atomic E-state index is 0.413. The Morgan fingerprint density at radius 3 is 2.62 bits per heavy atom. The molecular formula is C18H29ClN2. The van der Waals surface area contributed by atoms with Gasteiger partial charge >= 0.3 is 0 Å². The Labute approximate surface area is 134 Å². The van der Waals surface area contributed by atoms with Gasteiger partial charge in [0.05, 0.1) is 0 Å². The number of pyridine rings is 1. The van der Waals surface area contributed by atoms with Crippen LogP contribution in [0.1, 0.15) is 58.2 Å². The SMILES string of the molecule is CCc1cc(CCl)cc(N2CCCC(C(C)(C)C)CC2)n1. The van der Waals surface area contributed by atoms with Gasteiger partial charge in [0.25, 0.3) is 0 Å². The second kappa shape index (κ2) is 7.00. The molecule has 0 radical (unpaired) electrons. The van der Waals surface area contributed by atoms with Crippen molar-refractivity contribution in [2.24, 2.45) is 11.3 Å². The first kappa shape index (κ1) is 16.6.